The minimum Gasteiger partial charge on any atom is -0.439 e. The number of ether oxygens (including phenoxy) is 1. The van der Waals surface area contributed by atoms with E-state index >= 15 is 0 Å². The maximum absolute atomic E-state index is 5.84. The second-order valence-electron chi connectivity index (χ2n) is 4.08. The Bertz CT molecular complexity index is 495. The largest absolute Gasteiger partial charge is 0.439 e. The van der Waals surface area contributed by atoms with E-state index < -0.39 is 0 Å². The fraction of sp³-hybridized carbons (Fsp3) is 0.214. The molecule has 0 saturated carbocycles. The molecule has 2 rings (SSSR count). The van der Waals surface area contributed by atoms with Gasteiger partial charge < -0.3 is 10.5 Å². The van der Waals surface area contributed by atoms with E-state index in [0.717, 1.165) is 16.9 Å². The first kappa shape index (κ1) is 11.6. The van der Waals surface area contributed by atoms with Gasteiger partial charge in [0.15, 0.2) is 0 Å². The Labute approximate surface area is 101 Å². The summed E-state index contributed by atoms with van der Waals surface area (Å²) >= 11 is 0. The summed E-state index contributed by atoms with van der Waals surface area (Å²) in [6.07, 6.45) is 1.78. The van der Waals surface area contributed by atoms with Crippen molar-refractivity contribution in [3.05, 3.63) is 53.7 Å². The van der Waals surface area contributed by atoms with E-state index in [1.165, 1.54) is 0 Å². The van der Waals surface area contributed by atoms with Gasteiger partial charge in [-0.15, -0.1) is 0 Å². The number of hydrogen-bond acceptors (Lipinski definition) is 3. The Hall–Kier alpha value is -1.87. The van der Waals surface area contributed by atoms with Crippen LogP contribution in [-0.4, -0.2) is 4.98 Å². The van der Waals surface area contributed by atoms with Gasteiger partial charge in [-0.25, -0.2) is 4.98 Å². The topological polar surface area (TPSA) is 48.1 Å². The van der Waals surface area contributed by atoms with Crippen molar-refractivity contribution in [2.45, 2.75) is 19.9 Å². The van der Waals surface area contributed by atoms with Crippen LogP contribution in [0.3, 0.4) is 0 Å². The molecule has 0 fully saturated rings. The summed E-state index contributed by atoms with van der Waals surface area (Å²) < 4.78 is 5.64. The average molecular weight is 228 g/mol. The number of aromatic nitrogens is 1. The molecule has 2 aromatic rings. The predicted octanol–water partition coefficient (Wildman–Crippen LogP) is 3.20. The molecule has 0 radical (unpaired) electrons. The normalized spacial score (nSPS) is 12.2. The number of benzene rings is 1. The molecule has 2 N–H and O–H groups in total. The third-order valence-electron chi connectivity index (χ3n) is 2.58. The van der Waals surface area contributed by atoms with Crippen LogP contribution in [0.15, 0.2) is 42.6 Å². The zero-order chi connectivity index (χ0) is 12.3. The highest BCUT2D eigenvalue weighted by molar-refractivity contribution is 5.33. The Morgan fingerprint density at radius 2 is 1.94 bits per heavy atom. The van der Waals surface area contributed by atoms with Crippen LogP contribution in [-0.2, 0) is 0 Å². The first-order valence-electron chi connectivity index (χ1n) is 5.62. The maximum Gasteiger partial charge on any atom is 0.219 e. The monoisotopic (exact) mass is 228 g/mol. The number of pyridine rings is 1. The van der Waals surface area contributed by atoms with E-state index in [9.17, 15) is 0 Å². The standard InChI is InChI=1S/C14H16N2O/c1-10-8-14(16-9-13(10)11(2)15)17-12-6-4-3-5-7-12/h3-9,11H,15H2,1-2H3. The van der Waals surface area contributed by atoms with Gasteiger partial charge in [-0.2, -0.15) is 0 Å². The van der Waals surface area contributed by atoms with Gasteiger partial charge in [-0.3, -0.25) is 0 Å². The molecule has 0 aliphatic rings. The van der Waals surface area contributed by atoms with Crippen molar-refractivity contribution in [2.75, 3.05) is 0 Å². The molecule has 0 bridgehead atoms. The quantitative estimate of drug-likeness (QED) is 0.877. The van der Waals surface area contributed by atoms with E-state index in [4.69, 9.17) is 10.5 Å². The van der Waals surface area contributed by atoms with Crippen LogP contribution in [0.5, 0.6) is 11.6 Å². The Morgan fingerprint density at radius 3 is 2.53 bits per heavy atom. The zero-order valence-corrected chi connectivity index (χ0v) is 10.1. The lowest BCUT2D eigenvalue weighted by molar-refractivity contribution is 0.461. The molecular weight excluding hydrogens is 212 g/mol. The highest BCUT2D eigenvalue weighted by Gasteiger charge is 2.06. The molecule has 1 aromatic heterocycles. The van der Waals surface area contributed by atoms with Gasteiger partial charge in [0.05, 0.1) is 0 Å². The van der Waals surface area contributed by atoms with E-state index in [-0.39, 0.29) is 6.04 Å². The van der Waals surface area contributed by atoms with Gasteiger partial charge in [0.1, 0.15) is 5.75 Å². The summed E-state index contributed by atoms with van der Waals surface area (Å²) in [5.74, 6) is 1.38. The van der Waals surface area contributed by atoms with Gasteiger partial charge in [0.25, 0.3) is 0 Å². The smallest absolute Gasteiger partial charge is 0.219 e. The van der Waals surface area contributed by atoms with Crippen molar-refractivity contribution in [3.63, 3.8) is 0 Å². The molecule has 0 aliphatic carbocycles. The molecule has 1 heterocycles. The number of rotatable bonds is 3. The Balaban J connectivity index is 2.21. The lowest BCUT2D eigenvalue weighted by Gasteiger charge is -2.11. The van der Waals surface area contributed by atoms with Gasteiger partial charge in [0.2, 0.25) is 5.88 Å². The van der Waals surface area contributed by atoms with Gasteiger partial charge >= 0.3 is 0 Å². The summed E-state index contributed by atoms with van der Waals surface area (Å²) in [6.45, 7) is 3.96. The molecule has 0 spiro atoms. The van der Waals surface area contributed by atoms with Crippen molar-refractivity contribution in [3.8, 4) is 11.6 Å². The lowest BCUT2D eigenvalue weighted by atomic mass is 10.1. The first-order chi connectivity index (χ1) is 8.16. The highest BCUT2D eigenvalue weighted by Crippen LogP contribution is 2.22. The van der Waals surface area contributed by atoms with Crippen molar-refractivity contribution in [2.24, 2.45) is 5.73 Å². The fourth-order valence-corrected chi connectivity index (χ4v) is 1.68. The summed E-state index contributed by atoms with van der Waals surface area (Å²) in [5.41, 5.74) is 7.98. The van der Waals surface area contributed by atoms with E-state index in [2.05, 4.69) is 4.98 Å². The molecule has 0 saturated heterocycles. The maximum atomic E-state index is 5.84. The molecule has 3 nitrogen and oxygen atoms in total. The number of hydrogen-bond donors (Lipinski definition) is 1. The second-order valence-corrected chi connectivity index (χ2v) is 4.08. The van der Waals surface area contributed by atoms with Crippen LogP contribution >= 0.6 is 0 Å². The fourth-order valence-electron chi connectivity index (χ4n) is 1.68. The molecule has 3 heteroatoms. The molecule has 0 aliphatic heterocycles. The van der Waals surface area contributed by atoms with Gasteiger partial charge in [-0.05, 0) is 37.1 Å². The molecule has 1 unspecified atom stereocenters. The zero-order valence-electron chi connectivity index (χ0n) is 10.1. The van der Waals surface area contributed by atoms with Crippen LogP contribution < -0.4 is 10.5 Å². The third kappa shape index (κ3) is 2.82. The number of nitrogens with zero attached hydrogens (tertiary/aromatic N) is 1. The predicted molar refractivity (Wildman–Crippen MR) is 68.1 cm³/mol. The van der Waals surface area contributed by atoms with Crippen molar-refractivity contribution in [1.29, 1.82) is 0 Å². The first-order valence-corrected chi connectivity index (χ1v) is 5.62. The molecular formula is C14H16N2O. The lowest BCUT2D eigenvalue weighted by Crippen LogP contribution is -2.07. The highest BCUT2D eigenvalue weighted by atomic mass is 16.5. The SMILES string of the molecule is Cc1cc(Oc2ccccc2)ncc1C(C)N. The Morgan fingerprint density at radius 1 is 1.24 bits per heavy atom. The minimum absolute atomic E-state index is 0.00623. The molecule has 1 aromatic carbocycles. The molecule has 0 amide bonds. The van der Waals surface area contributed by atoms with Crippen LogP contribution in [0.2, 0.25) is 0 Å². The van der Waals surface area contributed by atoms with Crippen LogP contribution in [0.1, 0.15) is 24.1 Å². The molecule has 1 atom stereocenters. The van der Waals surface area contributed by atoms with Crippen LogP contribution in [0, 0.1) is 6.92 Å². The van der Waals surface area contributed by atoms with E-state index in [1.807, 2.05) is 50.2 Å². The third-order valence-corrected chi connectivity index (χ3v) is 2.58. The molecule has 17 heavy (non-hydrogen) atoms. The van der Waals surface area contributed by atoms with E-state index in [1.54, 1.807) is 6.20 Å². The van der Waals surface area contributed by atoms with Gasteiger partial charge in [-0.1, -0.05) is 18.2 Å². The number of nitrogens with two attached hydrogens (primary N) is 1. The average Bonchev–Trinajstić information content (AvgIpc) is 2.30. The van der Waals surface area contributed by atoms with E-state index in [0.29, 0.717) is 5.88 Å². The van der Waals surface area contributed by atoms with Crippen molar-refractivity contribution >= 4 is 0 Å². The number of para-hydroxylation sites is 1. The summed E-state index contributed by atoms with van der Waals surface area (Å²) in [5, 5.41) is 0. The number of aryl methyl sites for hydroxylation is 1. The summed E-state index contributed by atoms with van der Waals surface area (Å²) in [4.78, 5) is 4.25. The van der Waals surface area contributed by atoms with Crippen molar-refractivity contribution in [1.82, 2.24) is 4.98 Å². The molecule has 88 valence electrons. The van der Waals surface area contributed by atoms with Gasteiger partial charge in [0, 0.05) is 18.3 Å². The summed E-state index contributed by atoms with van der Waals surface area (Å²) in [6, 6.07) is 11.5. The van der Waals surface area contributed by atoms with Crippen molar-refractivity contribution < 1.29 is 4.74 Å². The Kier molecular flexibility index (Phi) is 3.40. The van der Waals surface area contributed by atoms with Crippen LogP contribution in [0.4, 0.5) is 0 Å². The summed E-state index contributed by atoms with van der Waals surface area (Å²) in [7, 11) is 0. The van der Waals surface area contributed by atoms with Crippen LogP contribution in [0.25, 0.3) is 0 Å². The second kappa shape index (κ2) is 4.97. The minimum atomic E-state index is -0.00623.